The van der Waals surface area contributed by atoms with Crippen LogP contribution in [0, 0.1) is 23.7 Å². The molecule has 2 atom stereocenters. The maximum atomic E-state index is 12.2. The molecular weight excluding hydrogens is 304 g/mol. The molecule has 1 fully saturated rings. The van der Waals surface area contributed by atoms with Gasteiger partial charge in [0.25, 0.3) is 0 Å². The number of carbonyl (C=O) groups is 2. The van der Waals surface area contributed by atoms with Crippen molar-refractivity contribution in [3.05, 3.63) is 0 Å². The summed E-state index contributed by atoms with van der Waals surface area (Å²) in [6.07, 6.45) is 4.63. The average molecular weight is 341 g/mol. The standard InChI is InChI=1S/C20H36O4/c1-13(2)11-15(5)23-19(21)17-7-9-18(10-8-17)20(22)24-16(6)12-14(3)4/h13-18H,7-12H2,1-6H3. The number of carbonyl (C=O) groups excluding carboxylic acids is 2. The van der Waals surface area contributed by atoms with Gasteiger partial charge in [-0.1, -0.05) is 27.7 Å². The van der Waals surface area contributed by atoms with Crippen LogP contribution in [0.4, 0.5) is 0 Å². The number of rotatable bonds is 8. The molecule has 0 amide bonds. The van der Waals surface area contributed by atoms with Crippen molar-refractivity contribution in [1.29, 1.82) is 0 Å². The first kappa shape index (κ1) is 21.0. The van der Waals surface area contributed by atoms with E-state index in [-0.39, 0.29) is 36.0 Å². The minimum Gasteiger partial charge on any atom is -0.462 e. The fraction of sp³-hybridized carbons (Fsp3) is 0.900. The van der Waals surface area contributed by atoms with Gasteiger partial charge < -0.3 is 9.47 Å². The van der Waals surface area contributed by atoms with Gasteiger partial charge in [-0.2, -0.15) is 0 Å². The lowest BCUT2D eigenvalue weighted by molar-refractivity contribution is -0.160. The van der Waals surface area contributed by atoms with Gasteiger partial charge in [0, 0.05) is 0 Å². The first-order valence-corrected chi connectivity index (χ1v) is 9.60. The molecule has 0 radical (unpaired) electrons. The van der Waals surface area contributed by atoms with Crippen molar-refractivity contribution in [1.82, 2.24) is 0 Å². The Bertz CT molecular complexity index is 356. The Hall–Kier alpha value is -1.06. The predicted octanol–water partition coefficient (Wildman–Crippen LogP) is 4.75. The van der Waals surface area contributed by atoms with Crippen molar-refractivity contribution in [2.24, 2.45) is 23.7 Å². The first-order valence-electron chi connectivity index (χ1n) is 9.60. The largest absolute Gasteiger partial charge is 0.462 e. The number of hydrogen-bond acceptors (Lipinski definition) is 4. The minimum atomic E-state index is -0.0943. The summed E-state index contributed by atoms with van der Waals surface area (Å²) in [7, 11) is 0. The molecule has 4 heteroatoms. The van der Waals surface area contributed by atoms with Crippen LogP contribution in [-0.2, 0) is 19.1 Å². The molecule has 0 bridgehead atoms. The van der Waals surface area contributed by atoms with Crippen molar-refractivity contribution in [3.8, 4) is 0 Å². The summed E-state index contributed by atoms with van der Waals surface area (Å²) in [5.74, 6) is 0.733. The zero-order valence-corrected chi connectivity index (χ0v) is 16.3. The van der Waals surface area contributed by atoms with Gasteiger partial charge in [-0.25, -0.2) is 0 Å². The van der Waals surface area contributed by atoms with Crippen LogP contribution in [0.3, 0.4) is 0 Å². The second-order valence-electron chi connectivity index (χ2n) is 8.30. The second kappa shape index (κ2) is 10.0. The molecule has 1 rings (SSSR count). The fourth-order valence-corrected chi connectivity index (χ4v) is 3.58. The van der Waals surface area contributed by atoms with E-state index in [2.05, 4.69) is 27.7 Å². The molecule has 0 N–H and O–H groups in total. The summed E-state index contributed by atoms with van der Waals surface area (Å²) in [4.78, 5) is 24.5. The first-order chi connectivity index (χ1) is 11.2. The number of hydrogen-bond donors (Lipinski definition) is 0. The van der Waals surface area contributed by atoms with Crippen molar-refractivity contribution in [3.63, 3.8) is 0 Å². The molecule has 1 saturated carbocycles. The highest BCUT2D eigenvalue weighted by Gasteiger charge is 2.32. The molecule has 0 saturated heterocycles. The van der Waals surface area contributed by atoms with E-state index in [1.807, 2.05) is 13.8 Å². The summed E-state index contributed by atoms with van der Waals surface area (Å²) < 4.78 is 11.1. The van der Waals surface area contributed by atoms with E-state index >= 15 is 0 Å². The van der Waals surface area contributed by atoms with Crippen LogP contribution in [-0.4, -0.2) is 24.1 Å². The maximum absolute atomic E-state index is 12.2. The fourth-order valence-electron chi connectivity index (χ4n) is 3.58. The number of ether oxygens (including phenoxy) is 2. The monoisotopic (exact) mass is 340 g/mol. The smallest absolute Gasteiger partial charge is 0.309 e. The van der Waals surface area contributed by atoms with Gasteiger partial charge in [-0.15, -0.1) is 0 Å². The molecule has 140 valence electrons. The van der Waals surface area contributed by atoms with Crippen molar-refractivity contribution in [2.75, 3.05) is 0 Å². The molecular formula is C20H36O4. The summed E-state index contributed by atoms with van der Waals surface area (Å²) in [5, 5.41) is 0. The third-order valence-corrected chi connectivity index (χ3v) is 4.64. The second-order valence-corrected chi connectivity index (χ2v) is 8.30. The molecule has 4 nitrogen and oxygen atoms in total. The van der Waals surface area contributed by atoms with Gasteiger partial charge in [-0.3, -0.25) is 9.59 Å². The Balaban J connectivity index is 2.35. The number of esters is 2. The molecule has 0 aromatic heterocycles. The highest BCUT2D eigenvalue weighted by atomic mass is 16.5. The Morgan fingerprint density at radius 1 is 0.708 bits per heavy atom. The zero-order chi connectivity index (χ0) is 18.3. The van der Waals surface area contributed by atoms with Gasteiger partial charge in [0.15, 0.2) is 0 Å². The zero-order valence-electron chi connectivity index (χ0n) is 16.3. The molecule has 1 aliphatic carbocycles. The Morgan fingerprint density at radius 2 is 1.00 bits per heavy atom. The van der Waals surface area contributed by atoms with Gasteiger partial charge >= 0.3 is 11.9 Å². The highest BCUT2D eigenvalue weighted by Crippen LogP contribution is 2.31. The van der Waals surface area contributed by atoms with Crippen molar-refractivity contribution < 1.29 is 19.1 Å². The third-order valence-electron chi connectivity index (χ3n) is 4.64. The lowest BCUT2D eigenvalue weighted by atomic mass is 9.82. The molecule has 0 aromatic rings. The quantitative estimate of drug-likeness (QED) is 0.598. The summed E-state index contributed by atoms with van der Waals surface area (Å²) in [6.45, 7) is 12.4. The summed E-state index contributed by atoms with van der Waals surface area (Å²) in [5.41, 5.74) is 0. The predicted molar refractivity (Wildman–Crippen MR) is 95.5 cm³/mol. The van der Waals surface area contributed by atoms with E-state index in [0.717, 1.165) is 38.5 Å². The molecule has 1 aliphatic rings. The minimum absolute atomic E-state index is 0.0305. The van der Waals surface area contributed by atoms with Crippen molar-refractivity contribution in [2.45, 2.75) is 92.3 Å². The van der Waals surface area contributed by atoms with Crippen LogP contribution in [0.25, 0.3) is 0 Å². The van der Waals surface area contributed by atoms with E-state index in [9.17, 15) is 9.59 Å². The summed E-state index contributed by atoms with van der Waals surface area (Å²) >= 11 is 0. The van der Waals surface area contributed by atoms with Crippen LogP contribution < -0.4 is 0 Å². The maximum Gasteiger partial charge on any atom is 0.309 e. The Morgan fingerprint density at radius 3 is 1.25 bits per heavy atom. The van der Waals surface area contributed by atoms with E-state index in [1.165, 1.54) is 0 Å². The Kier molecular flexibility index (Phi) is 8.79. The van der Waals surface area contributed by atoms with Gasteiger partial charge in [0.2, 0.25) is 0 Å². The SMILES string of the molecule is CC(C)CC(C)OC(=O)C1CCC(C(=O)OC(C)CC(C)C)CC1. The van der Waals surface area contributed by atoms with Crippen LogP contribution >= 0.6 is 0 Å². The normalized spacial score (nSPS) is 23.8. The molecule has 2 unspecified atom stereocenters. The van der Waals surface area contributed by atoms with E-state index in [0.29, 0.717) is 11.8 Å². The van der Waals surface area contributed by atoms with Gasteiger partial charge in [-0.05, 0) is 64.2 Å². The average Bonchev–Trinajstić information content (AvgIpc) is 2.45. The lowest BCUT2D eigenvalue weighted by Crippen LogP contribution is -2.31. The highest BCUT2D eigenvalue weighted by molar-refractivity contribution is 5.75. The Labute approximate surface area is 147 Å². The van der Waals surface area contributed by atoms with E-state index in [1.54, 1.807) is 0 Å². The van der Waals surface area contributed by atoms with E-state index in [4.69, 9.17) is 9.47 Å². The molecule has 0 aliphatic heterocycles. The molecule has 0 heterocycles. The summed E-state index contributed by atoms with van der Waals surface area (Å²) in [6, 6.07) is 0. The third kappa shape index (κ3) is 7.67. The van der Waals surface area contributed by atoms with Crippen LogP contribution in [0.5, 0.6) is 0 Å². The van der Waals surface area contributed by atoms with Gasteiger partial charge in [0.1, 0.15) is 0 Å². The molecule has 0 spiro atoms. The van der Waals surface area contributed by atoms with Crippen LogP contribution in [0.15, 0.2) is 0 Å². The van der Waals surface area contributed by atoms with Gasteiger partial charge in [0.05, 0.1) is 24.0 Å². The molecule has 0 aromatic carbocycles. The van der Waals surface area contributed by atoms with Crippen LogP contribution in [0.2, 0.25) is 0 Å². The topological polar surface area (TPSA) is 52.6 Å². The van der Waals surface area contributed by atoms with Crippen LogP contribution in [0.1, 0.15) is 80.1 Å². The van der Waals surface area contributed by atoms with E-state index < -0.39 is 0 Å². The lowest BCUT2D eigenvalue weighted by Gasteiger charge is -2.28. The van der Waals surface area contributed by atoms with Crippen molar-refractivity contribution >= 4 is 11.9 Å². The molecule has 24 heavy (non-hydrogen) atoms.